The van der Waals surface area contributed by atoms with Crippen LogP contribution in [0.3, 0.4) is 0 Å². The summed E-state index contributed by atoms with van der Waals surface area (Å²) in [5.41, 5.74) is 1.98. The summed E-state index contributed by atoms with van der Waals surface area (Å²) in [6.45, 7) is 3.75. The van der Waals surface area contributed by atoms with Gasteiger partial charge in [-0.2, -0.15) is 5.26 Å². The molecule has 0 unspecified atom stereocenters. The maximum Gasteiger partial charge on any atom is 0.328 e. The second-order valence-electron chi connectivity index (χ2n) is 6.68. The summed E-state index contributed by atoms with van der Waals surface area (Å²) in [6, 6.07) is 10.3. The number of anilines is 1. The molecule has 1 N–H and O–H groups in total. The number of imide groups is 1. The van der Waals surface area contributed by atoms with Gasteiger partial charge in [0.2, 0.25) is 11.8 Å². The maximum absolute atomic E-state index is 12.2. The first-order chi connectivity index (χ1) is 13.5. The fourth-order valence-corrected chi connectivity index (χ4v) is 2.86. The molecule has 1 aliphatic rings. The molecule has 0 spiro atoms. The number of ether oxygens (including phenoxy) is 1. The monoisotopic (exact) mass is 378 g/mol. The predicted molar refractivity (Wildman–Crippen MR) is 104 cm³/mol. The van der Waals surface area contributed by atoms with E-state index < -0.39 is 11.9 Å². The van der Waals surface area contributed by atoms with Gasteiger partial charge in [0.15, 0.2) is 0 Å². The number of hydrogen-bond donors (Lipinski definition) is 1. The highest BCUT2D eigenvalue weighted by atomic mass is 16.5. The Morgan fingerprint density at radius 2 is 2.11 bits per heavy atom. The van der Waals surface area contributed by atoms with E-state index >= 15 is 0 Å². The van der Waals surface area contributed by atoms with Gasteiger partial charge in [-0.05, 0) is 55.0 Å². The van der Waals surface area contributed by atoms with Crippen LogP contribution in [0, 0.1) is 11.3 Å². The Kier molecular flexibility index (Phi) is 5.90. The first-order valence-corrected chi connectivity index (χ1v) is 9.30. The molecule has 0 bridgehead atoms. The molecule has 0 atom stereocenters. The van der Waals surface area contributed by atoms with Crippen molar-refractivity contribution in [3.8, 4) is 17.7 Å². The molecule has 0 aliphatic heterocycles. The summed E-state index contributed by atoms with van der Waals surface area (Å²) in [5.74, 6) is 1.05. The van der Waals surface area contributed by atoms with Crippen molar-refractivity contribution in [2.75, 3.05) is 11.4 Å². The van der Waals surface area contributed by atoms with Gasteiger partial charge in [0.25, 0.3) is 0 Å². The van der Waals surface area contributed by atoms with Crippen LogP contribution in [0.2, 0.25) is 0 Å². The topological polar surface area (TPSA) is 95.3 Å². The van der Waals surface area contributed by atoms with E-state index in [-0.39, 0.29) is 0 Å². The average molecular weight is 378 g/mol. The molecule has 1 heterocycles. The van der Waals surface area contributed by atoms with Crippen molar-refractivity contribution in [2.45, 2.75) is 39.0 Å². The number of nitrogens with one attached hydrogen (secondary N) is 1. The summed E-state index contributed by atoms with van der Waals surface area (Å²) in [4.78, 5) is 29.4. The van der Waals surface area contributed by atoms with Crippen LogP contribution in [0.4, 0.5) is 10.5 Å². The van der Waals surface area contributed by atoms with Gasteiger partial charge in [-0.15, -0.1) is 0 Å². The number of amides is 3. The summed E-state index contributed by atoms with van der Waals surface area (Å²) < 4.78 is 5.91. The summed E-state index contributed by atoms with van der Waals surface area (Å²) in [6.07, 6.45) is 4.37. The number of rotatable bonds is 6. The SMILES string of the molecule is CCCNC(=O)N(C(C)=O)c1ccc(Oc2ccc(C#N)cc2C2CC2)nc1. The first-order valence-electron chi connectivity index (χ1n) is 9.30. The van der Waals surface area contributed by atoms with Crippen LogP contribution in [0.1, 0.15) is 50.2 Å². The Morgan fingerprint density at radius 1 is 1.32 bits per heavy atom. The number of hydrogen-bond acceptors (Lipinski definition) is 5. The second kappa shape index (κ2) is 8.53. The normalized spacial score (nSPS) is 12.8. The van der Waals surface area contributed by atoms with E-state index in [1.54, 1.807) is 24.3 Å². The molecule has 0 saturated heterocycles. The van der Waals surface area contributed by atoms with E-state index in [4.69, 9.17) is 10.00 Å². The number of nitriles is 1. The smallest absolute Gasteiger partial charge is 0.328 e. The number of benzene rings is 1. The lowest BCUT2D eigenvalue weighted by atomic mass is 10.1. The molecular formula is C21H22N4O3. The Hall–Kier alpha value is -3.40. The van der Waals surface area contributed by atoms with Crippen LogP contribution >= 0.6 is 0 Å². The third-order valence-electron chi connectivity index (χ3n) is 4.39. The van der Waals surface area contributed by atoms with E-state index in [1.165, 1.54) is 13.1 Å². The maximum atomic E-state index is 12.2. The minimum Gasteiger partial charge on any atom is -0.439 e. The minimum absolute atomic E-state index is 0.354. The highest BCUT2D eigenvalue weighted by molar-refractivity contribution is 6.13. The Morgan fingerprint density at radius 3 is 2.68 bits per heavy atom. The van der Waals surface area contributed by atoms with E-state index in [0.29, 0.717) is 35.3 Å². The molecule has 1 saturated carbocycles. The summed E-state index contributed by atoms with van der Waals surface area (Å²) in [5, 5.41) is 11.8. The number of carbonyl (C=O) groups is 2. The van der Waals surface area contributed by atoms with Crippen molar-refractivity contribution < 1.29 is 14.3 Å². The van der Waals surface area contributed by atoms with Gasteiger partial charge < -0.3 is 10.1 Å². The number of pyridine rings is 1. The van der Waals surface area contributed by atoms with Gasteiger partial charge in [0, 0.05) is 19.5 Å². The number of nitrogens with zero attached hydrogens (tertiary/aromatic N) is 3. The van der Waals surface area contributed by atoms with Crippen molar-refractivity contribution in [3.63, 3.8) is 0 Å². The first kappa shape index (κ1) is 19.4. The van der Waals surface area contributed by atoms with Gasteiger partial charge in [-0.25, -0.2) is 14.7 Å². The molecule has 1 aromatic heterocycles. The molecule has 28 heavy (non-hydrogen) atoms. The van der Waals surface area contributed by atoms with Crippen molar-refractivity contribution >= 4 is 17.6 Å². The van der Waals surface area contributed by atoms with Crippen LogP contribution in [0.15, 0.2) is 36.5 Å². The molecule has 3 amide bonds. The lowest BCUT2D eigenvalue weighted by Crippen LogP contribution is -2.43. The van der Waals surface area contributed by atoms with Gasteiger partial charge in [0.1, 0.15) is 5.75 Å². The summed E-state index contributed by atoms with van der Waals surface area (Å²) in [7, 11) is 0. The fourth-order valence-electron chi connectivity index (χ4n) is 2.86. The van der Waals surface area contributed by atoms with Crippen LogP contribution in [0.5, 0.6) is 11.6 Å². The number of urea groups is 1. The largest absolute Gasteiger partial charge is 0.439 e. The lowest BCUT2D eigenvalue weighted by Gasteiger charge is -2.19. The van der Waals surface area contributed by atoms with Gasteiger partial charge >= 0.3 is 6.03 Å². The van der Waals surface area contributed by atoms with Gasteiger partial charge in [-0.3, -0.25) is 4.79 Å². The van der Waals surface area contributed by atoms with Crippen LogP contribution in [0.25, 0.3) is 0 Å². The zero-order chi connectivity index (χ0) is 20.1. The molecule has 7 nitrogen and oxygen atoms in total. The number of carbonyl (C=O) groups excluding carboxylic acids is 2. The van der Waals surface area contributed by atoms with E-state index in [0.717, 1.165) is 29.7 Å². The second-order valence-corrected chi connectivity index (χ2v) is 6.68. The standard InChI is InChI=1S/C21H22N4O3/c1-3-10-23-21(27)25(14(2)26)17-7-9-20(24-13-17)28-19-8-4-15(12-22)11-18(19)16-5-6-16/h4,7-9,11,13,16H,3,5-6,10H2,1-2H3,(H,23,27). The van der Waals surface area contributed by atoms with Gasteiger partial charge in [-0.1, -0.05) is 6.92 Å². The van der Waals surface area contributed by atoms with E-state index in [9.17, 15) is 9.59 Å². The van der Waals surface area contributed by atoms with Gasteiger partial charge in [0.05, 0.1) is 23.5 Å². The molecule has 1 fully saturated rings. The summed E-state index contributed by atoms with van der Waals surface area (Å²) >= 11 is 0. The fraction of sp³-hybridized carbons (Fsp3) is 0.333. The van der Waals surface area contributed by atoms with Crippen molar-refractivity contribution in [1.82, 2.24) is 10.3 Å². The third kappa shape index (κ3) is 4.46. The molecule has 1 aromatic carbocycles. The minimum atomic E-state index is -0.479. The molecule has 144 valence electrons. The molecule has 1 aliphatic carbocycles. The quantitative estimate of drug-likeness (QED) is 0.816. The highest BCUT2D eigenvalue weighted by Gasteiger charge is 2.27. The molecule has 7 heteroatoms. The third-order valence-corrected chi connectivity index (χ3v) is 4.39. The Balaban J connectivity index is 1.78. The zero-order valence-electron chi connectivity index (χ0n) is 15.9. The van der Waals surface area contributed by atoms with Crippen LogP contribution < -0.4 is 15.0 Å². The molecule has 2 aromatic rings. The van der Waals surface area contributed by atoms with E-state index in [1.807, 2.05) is 13.0 Å². The van der Waals surface area contributed by atoms with Crippen LogP contribution in [-0.4, -0.2) is 23.5 Å². The number of aromatic nitrogens is 1. The molecular weight excluding hydrogens is 356 g/mol. The van der Waals surface area contributed by atoms with Crippen molar-refractivity contribution in [1.29, 1.82) is 5.26 Å². The van der Waals surface area contributed by atoms with E-state index in [2.05, 4.69) is 16.4 Å². The van der Waals surface area contributed by atoms with Crippen LogP contribution in [-0.2, 0) is 4.79 Å². The highest BCUT2D eigenvalue weighted by Crippen LogP contribution is 2.45. The predicted octanol–water partition coefficient (Wildman–Crippen LogP) is 4.10. The van der Waals surface area contributed by atoms with Crippen molar-refractivity contribution in [3.05, 3.63) is 47.7 Å². The Labute approximate surface area is 163 Å². The van der Waals surface area contributed by atoms with Crippen molar-refractivity contribution in [2.24, 2.45) is 0 Å². The molecule has 3 rings (SSSR count). The zero-order valence-corrected chi connectivity index (χ0v) is 15.9. The average Bonchev–Trinajstić information content (AvgIpc) is 3.53. The molecule has 0 radical (unpaired) electrons. The Bertz CT molecular complexity index is 914. The lowest BCUT2D eigenvalue weighted by molar-refractivity contribution is -0.115.